The van der Waals surface area contributed by atoms with E-state index in [1.807, 2.05) is 11.3 Å². The molecule has 0 saturated carbocycles. The van der Waals surface area contributed by atoms with Gasteiger partial charge >= 0.3 is 0 Å². The van der Waals surface area contributed by atoms with Crippen molar-refractivity contribution in [3.05, 3.63) is 15.6 Å². The molecule has 2 heterocycles. The Hall–Kier alpha value is -0.450. The van der Waals surface area contributed by atoms with Gasteiger partial charge < -0.3 is 5.32 Å². The summed E-state index contributed by atoms with van der Waals surface area (Å²) >= 11 is 1.88. The third kappa shape index (κ3) is 2.77. The molecule has 15 heavy (non-hydrogen) atoms. The second-order valence-corrected chi connectivity index (χ2v) is 5.16. The third-order valence-electron chi connectivity index (χ3n) is 2.83. The SMILES string of the molecule is CCc1sc(CN2CCNCC2)nc1C. The van der Waals surface area contributed by atoms with Crippen molar-refractivity contribution in [3.63, 3.8) is 0 Å². The van der Waals surface area contributed by atoms with Crippen LogP contribution in [0.5, 0.6) is 0 Å². The van der Waals surface area contributed by atoms with Gasteiger partial charge in [0.2, 0.25) is 0 Å². The fourth-order valence-corrected chi connectivity index (χ4v) is 3.00. The second kappa shape index (κ2) is 5.05. The van der Waals surface area contributed by atoms with Gasteiger partial charge in [-0.3, -0.25) is 4.90 Å². The van der Waals surface area contributed by atoms with Crippen molar-refractivity contribution in [1.82, 2.24) is 15.2 Å². The molecule has 0 aromatic carbocycles. The van der Waals surface area contributed by atoms with Crippen LogP contribution in [0.2, 0.25) is 0 Å². The van der Waals surface area contributed by atoms with Gasteiger partial charge in [0.1, 0.15) is 5.01 Å². The molecule has 2 rings (SSSR count). The highest BCUT2D eigenvalue weighted by molar-refractivity contribution is 7.11. The van der Waals surface area contributed by atoms with Gasteiger partial charge in [-0.15, -0.1) is 11.3 Å². The van der Waals surface area contributed by atoms with Crippen molar-refractivity contribution in [3.8, 4) is 0 Å². The molecule has 1 aliphatic rings. The Bertz CT molecular complexity index is 316. The van der Waals surface area contributed by atoms with Crippen LogP contribution < -0.4 is 5.32 Å². The summed E-state index contributed by atoms with van der Waals surface area (Å²) in [6, 6.07) is 0. The lowest BCUT2D eigenvalue weighted by Gasteiger charge is -2.26. The van der Waals surface area contributed by atoms with E-state index in [1.54, 1.807) is 0 Å². The molecule has 1 fully saturated rings. The molecule has 1 aromatic rings. The molecule has 3 nitrogen and oxygen atoms in total. The van der Waals surface area contributed by atoms with Crippen molar-refractivity contribution in [2.24, 2.45) is 0 Å². The molecule has 0 amide bonds. The van der Waals surface area contributed by atoms with Crippen molar-refractivity contribution >= 4 is 11.3 Å². The van der Waals surface area contributed by atoms with Crippen molar-refractivity contribution in [2.75, 3.05) is 26.2 Å². The van der Waals surface area contributed by atoms with Crippen LogP contribution in [-0.4, -0.2) is 36.1 Å². The van der Waals surface area contributed by atoms with E-state index in [0.717, 1.165) is 39.1 Å². The lowest BCUT2D eigenvalue weighted by atomic mass is 10.3. The minimum Gasteiger partial charge on any atom is -0.314 e. The Kier molecular flexibility index (Phi) is 3.72. The van der Waals surface area contributed by atoms with E-state index >= 15 is 0 Å². The molecule has 0 spiro atoms. The Morgan fingerprint density at radius 1 is 1.40 bits per heavy atom. The summed E-state index contributed by atoms with van der Waals surface area (Å²) < 4.78 is 0. The van der Waals surface area contributed by atoms with Gasteiger partial charge in [0.25, 0.3) is 0 Å². The van der Waals surface area contributed by atoms with Crippen LogP contribution in [0.4, 0.5) is 0 Å². The summed E-state index contributed by atoms with van der Waals surface area (Å²) in [4.78, 5) is 8.56. The molecule has 0 bridgehead atoms. The van der Waals surface area contributed by atoms with Crippen LogP contribution in [0.1, 0.15) is 22.5 Å². The molecular formula is C11H19N3S. The molecule has 1 aliphatic heterocycles. The van der Waals surface area contributed by atoms with E-state index in [9.17, 15) is 0 Å². The van der Waals surface area contributed by atoms with Gasteiger partial charge in [-0.05, 0) is 13.3 Å². The Labute approximate surface area is 95.5 Å². The molecule has 1 aromatic heterocycles. The van der Waals surface area contributed by atoms with Crippen LogP contribution in [0.15, 0.2) is 0 Å². The average Bonchev–Trinajstić information content (AvgIpc) is 2.60. The minimum absolute atomic E-state index is 1.03. The molecule has 0 unspecified atom stereocenters. The quantitative estimate of drug-likeness (QED) is 0.843. The van der Waals surface area contributed by atoms with Crippen LogP contribution in [0, 0.1) is 6.92 Å². The summed E-state index contributed by atoms with van der Waals surface area (Å²) in [5.41, 5.74) is 1.23. The maximum Gasteiger partial charge on any atom is 0.107 e. The zero-order chi connectivity index (χ0) is 10.7. The topological polar surface area (TPSA) is 28.2 Å². The fourth-order valence-electron chi connectivity index (χ4n) is 1.94. The largest absolute Gasteiger partial charge is 0.314 e. The van der Waals surface area contributed by atoms with Crippen LogP contribution >= 0.6 is 11.3 Å². The minimum atomic E-state index is 1.03. The molecule has 1 saturated heterocycles. The van der Waals surface area contributed by atoms with Crippen molar-refractivity contribution in [1.29, 1.82) is 0 Å². The molecule has 0 aliphatic carbocycles. The number of thiazole rings is 1. The van der Waals surface area contributed by atoms with E-state index < -0.39 is 0 Å². The summed E-state index contributed by atoms with van der Waals surface area (Å²) in [5, 5.41) is 4.65. The van der Waals surface area contributed by atoms with Crippen LogP contribution in [-0.2, 0) is 13.0 Å². The van der Waals surface area contributed by atoms with Gasteiger partial charge in [-0.25, -0.2) is 4.98 Å². The Morgan fingerprint density at radius 2 is 2.13 bits per heavy atom. The normalized spacial score (nSPS) is 18.3. The smallest absolute Gasteiger partial charge is 0.107 e. The number of aromatic nitrogens is 1. The average molecular weight is 225 g/mol. The summed E-state index contributed by atoms with van der Waals surface area (Å²) in [6.45, 7) is 9.90. The summed E-state index contributed by atoms with van der Waals surface area (Å²) in [7, 11) is 0. The molecular weight excluding hydrogens is 206 g/mol. The summed E-state index contributed by atoms with van der Waals surface area (Å²) in [6.07, 6.45) is 1.12. The van der Waals surface area contributed by atoms with E-state index in [4.69, 9.17) is 0 Å². The van der Waals surface area contributed by atoms with Crippen LogP contribution in [0.25, 0.3) is 0 Å². The number of hydrogen-bond donors (Lipinski definition) is 1. The standard InChI is InChI=1S/C11H19N3S/c1-3-10-9(2)13-11(15-10)8-14-6-4-12-5-7-14/h12H,3-8H2,1-2H3. The number of aryl methyl sites for hydroxylation is 2. The third-order valence-corrected chi connectivity index (χ3v) is 4.11. The molecule has 0 radical (unpaired) electrons. The molecule has 0 atom stereocenters. The van der Waals surface area contributed by atoms with Crippen molar-refractivity contribution in [2.45, 2.75) is 26.8 Å². The number of piperazine rings is 1. The maximum atomic E-state index is 4.63. The highest BCUT2D eigenvalue weighted by atomic mass is 32.1. The van der Waals surface area contributed by atoms with Gasteiger partial charge in [0.15, 0.2) is 0 Å². The van der Waals surface area contributed by atoms with Gasteiger partial charge in [-0.1, -0.05) is 6.92 Å². The Balaban J connectivity index is 1.97. The lowest BCUT2D eigenvalue weighted by molar-refractivity contribution is 0.233. The first kappa shape index (κ1) is 11.0. The predicted molar refractivity (Wildman–Crippen MR) is 64.4 cm³/mol. The van der Waals surface area contributed by atoms with E-state index in [-0.39, 0.29) is 0 Å². The first-order valence-corrected chi connectivity index (χ1v) is 6.49. The highest BCUT2D eigenvalue weighted by Crippen LogP contribution is 2.19. The van der Waals surface area contributed by atoms with Crippen LogP contribution in [0.3, 0.4) is 0 Å². The number of hydrogen-bond acceptors (Lipinski definition) is 4. The van der Waals surface area contributed by atoms with E-state index in [1.165, 1.54) is 15.6 Å². The van der Waals surface area contributed by atoms with E-state index in [2.05, 4.69) is 29.0 Å². The lowest BCUT2D eigenvalue weighted by Crippen LogP contribution is -2.42. The predicted octanol–water partition coefficient (Wildman–Crippen LogP) is 1.42. The highest BCUT2D eigenvalue weighted by Gasteiger charge is 2.13. The summed E-state index contributed by atoms with van der Waals surface area (Å²) in [5.74, 6) is 0. The van der Waals surface area contributed by atoms with Gasteiger partial charge in [-0.2, -0.15) is 0 Å². The Morgan fingerprint density at radius 3 is 2.73 bits per heavy atom. The van der Waals surface area contributed by atoms with E-state index in [0.29, 0.717) is 0 Å². The molecule has 4 heteroatoms. The zero-order valence-corrected chi connectivity index (χ0v) is 10.4. The monoisotopic (exact) mass is 225 g/mol. The molecule has 1 N–H and O–H groups in total. The first-order chi connectivity index (χ1) is 7.29. The number of nitrogens with zero attached hydrogens (tertiary/aromatic N) is 2. The second-order valence-electron chi connectivity index (χ2n) is 4.00. The molecule has 84 valence electrons. The number of rotatable bonds is 3. The van der Waals surface area contributed by atoms with Crippen molar-refractivity contribution < 1.29 is 0 Å². The zero-order valence-electron chi connectivity index (χ0n) is 9.55. The first-order valence-electron chi connectivity index (χ1n) is 5.68. The fraction of sp³-hybridized carbons (Fsp3) is 0.727. The van der Waals surface area contributed by atoms with Gasteiger partial charge in [0, 0.05) is 31.1 Å². The van der Waals surface area contributed by atoms with Gasteiger partial charge in [0.05, 0.1) is 12.2 Å². The number of nitrogens with one attached hydrogen (secondary N) is 1. The maximum absolute atomic E-state index is 4.63.